The molecule has 1 saturated heterocycles. The number of hydrogen-bond donors (Lipinski definition) is 0. The zero-order valence-corrected chi connectivity index (χ0v) is 13.4. The highest BCUT2D eigenvalue weighted by molar-refractivity contribution is 7.91. The van der Waals surface area contributed by atoms with Crippen LogP contribution in [-0.2, 0) is 14.6 Å². The number of ether oxygens (including phenoxy) is 2. The molecule has 1 fully saturated rings. The Morgan fingerprint density at radius 1 is 1.14 bits per heavy atom. The Bertz CT molecular complexity index is 775. The van der Waals surface area contributed by atoms with Gasteiger partial charge in [0.15, 0.2) is 0 Å². The lowest BCUT2D eigenvalue weighted by Crippen LogP contribution is -2.10. The molecule has 1 heterocycles. The van der Waals surface area contributed by atoms with Crippen molar-refractivity contribution in [2.75, 3.05) is 13.2 Å². The van der Waals surface area contributed by atoms with Crippen LogP contribution in [0.3, 0.4) is 0 Å². The molecule has 1 unspecified atom stereocenters. The second-order valence-corrected chi connectivity index (χ2v) is 7.37. The molecule has 0 bridgehead atoms. The number of epoxide rings is 1. The van der Waals surface area contributed by atoms with E-state index < -0.39 is 9.84 Å². The van der Waals surface area contributed by atoms with Crippen molar-refractivity contribution in [3.63, 3.8) is 0 Å². The van der Waals surface area contributed by atoms with Crippen molar-refractivity contribution in [2.45, 2.75) is 29.7 Å². The van der Waals surface area contributed by atoms with E-state index in [1.807, 2.05) is 6.92 Å². The standard InChI is InChI=1S/C17H18O4S/c1-12-6-8-15(9-7-12)22(18,19)17-13(2)4-3-5-16(17)21-11-14-10-20-14/h3-9,14H,10-11H2,1-2H3. The van der Waals surface area contributed by atoms with Crippen molar-refractivity contribution in [3.8, 4) is 5.75 Å². The minimum absolute atomic E-state index is 0.0791. The zero-order chi connectivity index (χ0) is 15.7. The van der Waals surface area contributed by atoms with Gasteiger partial charge in [-0.3, -0.25) is 0 Å². The lowest BCUT2D eigenvalue weighted by molar-refractivity contribution is 0.257. The van der Waals surface area contributed by atoms with E-state index >= 15 is 0 Å². The molecule has 0 aliphatic carbocycles. The second kappa shape index (κ2) is 5.74. The Morgan fingerprint density at radius 3 is 2.45 bits per heavy atom. The number of sulfone groups is 1. The van der Waals surface area contributed by atoms with Crippen LogP contribution in [0.25, 0.3) is 0 Å². The van der Waals surface area contributed by atoms with Crippen LogP contribution in [0.4, 0.5) is 0 Å². The van der Waals surface area contributed by atoms with Gasteiger partial charge in [-0.2, -0.15) is 0 Å². The lowest BCUT2D eigenvalue weighted by Gasteiger charge is -2.14. The quantitative estimate of drug-likeness (QED) is 0.795. The van der Waals surface area contributed by atoms with Crippen LogP contribution in [0.2, 0.25) is 0 Å². The maximum Gasteiger partial charge on any atom is 0.210 e. The lowest BCUT2D eigenvalue weighted by atomic mass is 10.2. The third-order valence-electron chi connectivity index (χ3n) is 3.60. The van der Waals surface area contributed by atoms with Crippen LogP contribution < -0.4 is 4.74 Å². The van der Waals surface area contributed by atoms with E-state index in [1.165, 1.54) is 0 Å². The third-order valence-corrected chi connectivity index (χ3v) is 5.56. The molecule has 2 aromatic rings. The van der Waals surface area contributed by atoms with Gasteiger partial charge < -0.3 is 9.47 Å². The van der Waals surface area contributed by atoms with E-state index in [-0.39, 0.29) is 15.9 Å². The van der Waals surface area contributed by atoms with Gasteiger partial charge in [-0.15, -0.1) is 0 Å². The second-order valence-electron chi connectivity index (χ2n) is 5.49. The summed E-state index contributed by atoms with van der Waals surface area (Å²) in [7, 11) is -3.61. The fourth-order valence-electron chi connectivity index (χ4n) is 2.27. The Balaban J connectivity index is 2.02. The molecular weight excluding hydrogens is 300 g/mol. The van der Waals surface area contributed by atoms with Gasteiger partial charge in [0.1, 0.15) is 23.4 Å². The van der Waals surface area contributed by atoms with Crippen LogP contribution in [0, 0.1) is 13.8 Å². The molecule has 0 N–H and O–H groups in total. The molecule has 2 aromatic carbocycles. The Hall–Kier alpha value is -1.85. The van der Waals surface area contributed by atoms with Crippen molar-refractivity contribution in [3.05, 3.63) is 53.6 Å². The average molecular weight is 318 g/mol. The van der Waals surface area contributed by atoms with Gasteiger partial charge in [-0.05, 0) is 37.6 Å². The highest BCUT2D eigenvalue weighted by atomic mass is 32.2. The molecule has 0 saturated carbocycles. The maximum absolute atomic E-state index is 12.9. The van der Waals surface area contributed by atoms with Gasteiger partial charge in [0.25, 0.3) is 0 Å². The first-order chi connectivity index (χ1) is 10.5. The van der Waals surface area contributed by atoms with E-state index in [1.54, 1.807) is 49.4 Å². The van der Waals surface area contributed by atoms with Crippen molar-refractivity contribution in [1.82, 2.24) is 0 Å². The molecule has 1 aliphatic heterocycles. The van der Waals surface area contributed by atoms with Crippen molar-refractivity contribution in [1.29, 1.82) is 0 Å². The third kappa shape index (κ3) is 3.00. The van der Waals surface area contributed by atoms with Crippen LogP contribution in [-0.4, -0.2) is 27.7 Å². The average Bonchev–Trinajstić information content (AvgIpc) is 3.29. The molecule has 1 atom stereocenters. The summed E-state index contributed by atoms with van der Waals surface area (Å²) in [6.07, 6.45) is 0.0791. The van der Waals surface area contributed by atoms with Gasteiger partial charge in [0, 0.05) is 0 Å². The van der Waals surface area contributed by atoms with E-state index in [0.29, 0.717) is 24.5 Å². The minimum atomic E-state index is -3.61. The summed E-state index contributed by atoms with van der Waals surface area (Å²) in [6, 6.07) is 12.1. The SMILES string of the molecule is Cc1ccc(S(=O)(=O)c2c(C)cccc2OCC2CO2)cc1. The van der Waals surface area contributed by atoms with Crippen LogP contribution >= 0.6 is 0 Å². The predicted molar refractivity (Wildman–Crippen MR) is 83.0 cm³/mol. The molecule has 4 nitrogen and oxygen atoms in total. The number of hydrogen-bond acceptors (Lipinski definition) is 4. The topological polar surface area (TPSA) is 55.9 Å². The van der Waals surface area contributed by atoms with Gasteiger partial charge in [0.05, 0.1) is 11.5 Å². The highest BCUT2D eigenvalue weighted by Gasteiger charge is 2.27. The van der Waals surface area contributed by atoms with Gasteiger partial charge in [-0.1, -0.05) is 29.8 Å². The largest absolute Gasteiger partial charge is 0.489 e. The van der Waals surface area contributed by atoms with Gasteiger partial charge in [0.2, 0.25) is 9.84 Å². The van der Waals surface area contributed by atoms with Crippen molar-refractivity contribution >= 4 is 9.84 Å². The summed E-state index contributed by atoms with van der Waals surface area (Å²) < 4.78 is 36.7. The number of rotatable bonds is 5. The summed E-state index contributed by atoms with van der Waals surface area (Å²) in [5, 5.41) is 0. The Kier molecular flexibility index (Phi) is 3.93. The Labute approximate surface area is 130 Å². The predicted octanol–water partition coefficient (Wildman–Crippen LogP) is 2.91. The summed E-state index contributed by atoms with van der Waals surface area (Å²) >= 11 is 0. The summed E-state index contributed by atoms with van der Waals surface area (Å²) in [5.74, 6) is 0.385. The fraction of sp³-hybridized carbons (Fsp3) is 0.294. The molecule has 0 aromatic heterocycles. The highest BCUT2D eigenvalue weighted by Crippen LogP contribution is 2.33. The monoisotopic (exact) mass is 318 g/mol. The van der Waals surface area contributed by atoms with Crippen molar-refractivity contribution in [2.24, 2.45) is 0 Å². The molecule has 0 radical (unpaired) electrons. The van der Waals surface area contributed by atoms with Gasteiger partial charge in [-0.25, -0.2) is 8.42 Å². The molecule has 22 heavy (non-hydrogen) atoms. The number of aryl methyl sites for hydroxylation is 2. The van der Waals surface area contributed by atoms with Crippen LogP contribution in [0.1, 0.15) is 11.1 Å². The molecule has 5 heteroatoms. The summed E-state index contributed by atoms with van der Waals surface area (Å²) in [4.78, 5) is 0.513. The van der Waals surface area contributed by atoms with E-state index in [0.717, 1.165) is 5.56 Å². The van der Waals surface area contributed by atoms with E-state index in [4.69, 9.17) is 9.47 Å². The first kappa shape index (κ1) is 15.1. The van der Waals surface area contributed by atoms with E-state index in [9.17, 15) is 8.42 Å². The zero-order valence-electron chi connectivity index (χ0n) is 12.6. The van der Waals surface area contributed by atoms with Crippen LogP contribution in [0.15, 0.2) is 52.3 Å². The van der Waals surface area contributed by atoms with Crippen LogP contribution in [0.5, 0.6) is 5.75 Å². The van der Waals surface area contributed by atoms with Crippen molar-refractivity contribution < 1.29 is 17.9 Å². The van der Waals surface area contributed by atoms with Gasteiger partial charge >= 0.3 is 0 Å². The smallest absolute Gasteiger partial charge is 0.210 e. The molecule has 1 aliphatic rings. The molecule has 3 rings (SSSR count). The Morgan fingerprint density at radius 2 is 1.82 bits per heavy atom. The number of benzene rings is 2. The molecular formula is C17H18O4S. The normalized spacial score (nSPS) is 17.3. The molecule has 0 spiro atoms. The molecule has 0 amide bonds. The fourth-order valence-corrected chi connectivity index (χ4v) is 3.88. The molecule has 116 valence electrons. The minimum Gasteiger partial charge on any atom is -0.489 e. The summed E-state index contributed by atoms with van der Waals surface area (Å²) in [5.41, 5.74) is 1.70. The van der Waals surface area contributed by atoms with E-state index in [2.05, 4.69) is 0 Å². The summed E-state index contributed by atoms with van der Waals surface area (Å²) in [6.45, 7) is 4.75. The first-order valence-corrected chi connectivity index (χ1v) is 8.62. The first-order valence-electron chi connectivity index (χ1n) is 7.14. The maximum atomic E-state index is 12.9.